The molecule has 0 unspecified atom stereocenters. The van der Waals surface area contributed by atoms with Crippen LogP contribution in [0, 0.1) is 5.92 Å². The maximum atomic E-state index is 11.9. The van der Waals surface area contributed by atoms with Gasteiger partial charge in [0, 0.05) is 18.8 Å². The zero-order chi connectivity index (χ0) is 21.1. The number of benzene rings is 1. The molecule has 4 nitrogen and oxygen atoms in total. The van der Waals surface area contributed by atoms with Crippen LogP contribution in [0.2, 0.25) is 0 Å². The SMILES string of the molecule is C=C(C)COC1=CC=C(c2cccc(CC(=O)CC)c2)C2=CC1=NC(C1CC1)=NC2. The van der Waals surface area contributed by atoms with Crippen LogP contribution in [0.15, 0.2) is 76.0 Å². The summed E-state index contributed by atoms with van der Waals surface area (Å²) in [6.07, 6.45) is 9.53. The van der Waals surface area contributed by atoms with Crippen LogP contribution < -0.4 is 0 Å². The van der Waals surface area contributed by atoms with Crippen LogP contribution in [-0.2, 0) is 16.0 Å². The Morgan fingerprint density at radius 2 is 2.10 bits per heavy atom. The highest BCUT2D eigenvalue weighted by Crippen LogP contribution is 2.35. The Morgan fingerprint density at radius 1 is 1.27 bits per heavy atom. The first-order valence-electron chi connectivity index (χ1n) is 10.7. The number of hydrogen-bond acceptors (Lipinski definition) is 4. The summed E-state index contributed by atoms with van der Waals surface area (Å²) in [5.41, 5.74) is 6.14. The molecule has 4 rings (SSSR count). The molecule has 1 fully saturated rings. The summed E-state index contributed by atoms with van der Waals surface area (Å²) in [7, 11) is 0. The smallest absolute Gasteiger partial charge is 0.145 e. The van der Waals surface area contributed by atoms with Crippen LogP contribution in [0.25, 0.3) is 5.57 Å². The molecule has 1 saturated carbocycles. The molecular weight excluding hydrogens is 372 g/mol. The van der Waals surface area contributed by atoms with Crippen LogP contribution in [0.5, 0.6) is 0 Å². The summed E-state index contributed by atoms with van der Waals surface area (Å²) >= 11 is 0. The Bertz CT molecular complexity index is 1030. The lowest BCUT2D eigenvalue weighted by Gasteiger charge is -2.11. The summed E-state index contributed by atoms with van der Waals surface area (Å²) in [5.74, 6) is 2.41. The van der Waals surface area contributed by atoms with Gasteiger partial charge in [0.1, 0.15) is 29.7 Å². The van der Waals surface area contributed by atoms with Gasteiger partial charge in [-0.05, 0) is 59.8 Å². The average molecular weight is 401 g/mol. The number of allylic oxidation sites excluding steroid dienone is 3. The molecule has 0 saturated heterocycles. The first kappa shape index (κ1) is 20.3. The largest absolute Gasteiger partial charge is 0.487 e. The zero-order valence-corrected chi connectivity index (χ0v) is 17.8. The van der Waals surface area contributed by atoms with Crippen LogP contribution >= 0.6 is 0 Å². The van der Waals surface area contributed by atoms with Crippen molar-refractivity contribution < 1.29 is 9.53 Å². The quantitative estimate of drug-likeness (QED) is 0.558. The topological polar surface area (TPSA) is 51.0 Å². The maximum Gasteiger partial charge on any atom is 0.145 e. The monoisotopic (exact) mass is 400 g/mol. The third kappa shape index (κ3) is 4.76. The molecule has 2 aliphatic carbocycles. The van der Waals surface area contributed by atoms with Crippen molar-refractivity contribution in [3.63, 3.8) is 0 Å². The minimum Gasteiger partial charge on any atom is -0.487 e. The number of hydrogen-bond donors (Lipinski definition) is 0. The van der Waals surface area contributed by atoms with E-state index in [9.17, 15) is 4.79 Å². The summed E-state index contributed by atoms with van der Waals surface area (Å²) in [6.45, 7) is 8.86. The number of ether oxygens (including phenoxy) is 1. The number of aliphatic imine (C=N–C) groups is 2. The molecule has 1 aromatic carbocycles. The molecule has 4 heteroatoms. The molecule has 1 aromatic rings. The lowest BCUT2D eigenvalue weighted by atomic mass is 9.94. The molecule has 3 aliphatic rings. The van der Waals surface area contributed by atoms with E-state index in [0.29, 0.717) is 31.9 Å². The minimum atomic E-state index is 0.249. The second-order valence-corrected chi connectivity index (χ2v) is 8.24. The van der Waals surface area contributed by atoms with Crippen molar-refractivity contribution in [1.29, 1.82) is 0 Å². The molecule has 0 atom stereocenters. The van der Waals surface area contributed by atoms with E-state index in [1.165, 1.54) is 0 Å². The molecule has 0 radical (unpaired) electrons. The normalized spacial score (nSPS) is 18.1. The number of ketones is 1. The van der Waals surface area contributed by atoms with Gasteiger partial charge in [-0.3, -0.25) is 9.79 Å². The van der Waals surface area contributed by atoms with E-state index in [2.05, 4.69) is 30.9 Å². The number of rotatable bonds is 8. The lowest BCUT2D eigenvalue weighted by molar-refractivity contribution is -0.118. The van der Waals surface area contributed by atoms with E-state index in [1.54, 1.807) is 0 Å². The molecule has 1 aliphatic heterocycles. The first-order chi connectivity index (χ1) is 14.5. The van der Waals surface area contributed by atoms with Gasteiger partial charge in [0.15, 0.2) is 0 Å². The zero-order valence-electron chi connectivity index (χ0n) is 17.8. The van der Waals surface area contributed by atoms with E-state index >= 15 is 0 Å². The Balaban J connectivity index is 1.71. The van der Waals surface area contributed by atoms with Crippen molar-refractivity contribution >= 4 is 22.9 Å². The fourth-order valence-corrected chi connectivity index (χ4v) is 3.58. The van der Waals surface area contributed by atoms with Crippen molar-refractivity contribution in [1.82, 2.24) is 0 Å². The van der Waals surface area contributed by atoms with Gasteiger partial charge < -0.3 is 4.74 Å². The van der Waals surface area contributed by atoms with E-state index in [4.69, 9.17) is 14.7 Å². The van der Waals surface area contributed by atoms with Crippen LogP contribution in [-0.4, -0.2) is 30.5 Å². The van der Waals surface area contributed by atoms with Gasteiger partial charge in [0.2, 0.25) is 0 Å². The van der Waals surface area contributed by atoms with Crippen molar-refractivity contribution in [3.8, 4) is 0 Å². The van der Waals surface area contributed by atoms with Gasteiger partial charge in [-0.2, -0.15) is 0 Å². The predicted molar refractivity (Wildman–Crippen MR) is 123 cm³/mol. The third-order valence-corrected chi connectivity index (χ3v) is 5.41. The van der Waals surface area contributed by atoms with Gasteiger partial charge >= 0.3 is 0 Å². The fraction of sp³-hybridized carbons (Fsp3) is 0.346. The summed E-state index contributed by atoms with van der Waals surface area (Å²) in [6, 6.07) is 8.24. The maximum absolute atomic E-state index is 11.9. The highest BCUT2D eigenvalue weighted by molar-refractivity contribution is 6.16. The van der Waals surface area contributed by atoms with Crippen molar-refractivity contribution in [3.05, 3.63) is 77.1 Å². The number of amidine groups is 1. The number of fused-ring (bicyclic) bond motifs is 1. The summed E-state index contributed by atoms with van der Waals surface area (Å²) in [4.78, 5) is 21.6. The predicted octanol–water partition coefficient (Wildman–Crippen LogP) is 5.27. The Labute approximate surface area is 178 Å². The van der Waals surface area contributed by atoms with E-state index in [-0.39, 0.29) is 5.78 Å². The Kier molecular flexibility index (Phi) is 5.93. The van der Waals surface area contributed by atoms with E-state index in [1.807, 2.05) is 32.1 Å². The summed E-state index contributed by atoms with van der Waals surface area (Å²) < 4.78 is 6.03. The molecule has 0 spiro atoms. The molecule has 0 aromatic heterocycles. The van der Waals surface area contributed by atoms with Crippen molar-refractivity contribution in [2.24, 2.45) is 15.9 Å². The highest BCUT2D eigenvalue weighted by Gasteiger charge is 2.30. The number of nitrogens with zero attached hydrogens (tertiary/aromatic N) is 2. The second kappa shape index (κ2) is 8.78. The number of Topliss-reactive ketones (excluding diaryl/α,β-unsaturated/α-hetero) is 1. The summed E-state index contributed by atoms with van der Waals surface area (Å²) in [5, 5.41) is 0. The second-order valence-electron chi connectivity index (χ2n) is 8.24. The lowest BCUT2D eigenvalue weighted by Crippen LogP contribution is -2.08. The first-order valence-corrected chi connectivity index (χ1v) is 10.7. The van der Waals surface area contributed by atoms with Gasteiger partial charge in [-0.25, -0.2) is 4.99 Å². The van der Waals surface area contributed by atoms with Gasteiger partial charge in [0.05, 0.1) is 6.54 Å². The minimum absolute atomic E-state index is 0.249. The standard InChI is InChI=1S/C26H28N2O2/c1-4-22(29)13-18-6-5-7-20(12-18)23-10-11-25(30-16-17(2)3)24-14-21(23)15-27-26(28-24)19-8-9-19/h5-7,10-12,14,19H,2,4,8-9,13,15-16H2,1,3H3. The number of carbonyl (C=O) groups is 1. The molecular formula is C26H28N2O2. The Hall–Kier alpha value is -3.01. The van der Waals surface area contributed by atoms with Gasteiger partial charge in [-0.15, -0.1) is 0 Å². The van der Waals surface area contributed by atoms with E-state index in [0.717, 1.165) is 58.0 Å². The molecule has 0 amide bonds. The molecule has 1 heterocycles. The van der Waals surface area contributed by atoms with Crippen LogP contribution in [0.1, 0.15) is 44.2 Å². The molecule has 30 heavy (non-hydrogen) atoms. The van der Waals surface area contributed by atoms with Crippen molar-refractivity contribution in [2.75, 3.05) is 13.2 Å². The third-order valence-electron chi connectivity index (χ3n) is 5.41. The average Bonchev–Trinajstić information content (AvgIpc) is 3.58. The van der Waals surface area contributed by atoms with Gasteiger partial charge in [-0.1, -0.05) is 43.8 Å². The van der Waals surface area contributed by atoms with Crippen LogP contribution in [0.3, 0.4) is 0 Å². The van der Waals surface area contributed by atoms with Gasteiger partial charge in [0.25, 0.3) is 0 Å². The molecule has 0 N–H and O–H groups in total. The highest BCUT2D eigenvalue weighted by atomic mass is 16.5. The van der Waals surface area contributed by atoms with E-state index < -0.39 is 0 Å². The molecule has 154 valence electrons. The fourth-order valence-electron chi connectivity index (χ4n) is 3.58. The van der Waals surface area contributed by atoms with Crippen LogP contribution in [0.4, 0.5) is 0 Å². The molecule has 2 bridgehead atoms. The van der Waals surface area contributed by atoms with Crippen molar-refractivity contribution in [2.45, 2.75) is 39.5 Å². The number of carbonyl (C=O) groups excluding carboxylic acids is 1. The Morgan fingerprint density at radius 3 is 2.83 bits per heavy atom.